The van der Waals surface area contributed by atoms with Gasteiger partial charge in [0, 0.05) is 42.5 Å². The van der Waals surface area contributed by atoms with E-state index in [4.69, 9.17) is 4.74 Å². The number of piperazine rings is 1. The molecule has 0 aliphatic carbocycles. The molecular formula is C23H22N4O2. The summed E-state index contributed by atoms with van der Waals surface area (Å²) in [6, 6.07) is 15.5. The van der Waals surface area contributed by atoms with Gasteiger partial charge in [0.15, 0.2) is 0 Å². The molecule has 29 heavy (non-hydrogen) atoms. The van der Waals surface area contributed by atoms with E-state index in [0.717, 1.165) is 59.4 Å². The van der Waals surface area contributed by atoms with Crippen molar-refractivity contribution in [3.8, 4) is 5.75 Å². The molecular weight excluding hydrogens is 364 g/mol. The number of hydrogen-bond donors (Lipinski definition) is 2. The standard InChI is InChI=1S/C23H22N4O2/c1-29-16-6-7-18-15(12-16)13-20(26-18)23(28)22-17-4-2-3-5-19(17)25-14-21(22)27-10-8-24-9-11-27/h2-7,12-14,24,26H,8-11H2,1H3. The fourth-order valence-corrected chi connectivity index (χ4v) is 4.01. The summed E-state index contributed by atoms with van der Waals surface area (Å²) in [5.74, 6) is 0.749. The summed E-state index contributed by atoms with van der Waals surface area (Å²) in [7, 11) is 1.64. The van der Waals surface area contributed by atoms with Gasteiger partial charge in [0.2, 0.25) is 5.78 Å². The van der Waals surface area contributed by atoms with Crippen LogP contribution in [0.2, 0.25) is 0 Å². The third-order valence-corrected chi connectivity index (χ3v) is 5.51. The van der Waals surface area contributed by atoms with E-state index in [-0.39, 0.29) is 5.78 Å². The largest absolute Gasteiger partial charge is 0.497 e. The number of methoxy groups -OCH3 is 1. The highest BCUT2D eigenvalue weighted by Crippen LogP contribution is 2.31. The number of aromatic amines is 1. The van der Waals surface area contributed by atoms with Crippen molar-refractivity contribution in [2.45, 2.75) is 0 Å². The molecule has 6 heteroatoms. The number of ketones is 1. The highest BCUT2D eigenvalue weighted by molar-refractivity contribution is 6.19. The summed E-state index contributed by atoms with van der Waals surface area (Å²) in [5, 5.41) is 5.20. The van der Waals surface area contributed by atoms with Crippen molar-refractivity contribution in [3.05, 3.63) is 66.0 Å². The summed E-state index contributed by atoms with van der Waals surface area (Å²) in [6.07, 6.45) is 1.84. The molecule has 0 saturated carbocycles. The predicted octanol–water partition coefficient (Wildman–Crippen LogP) is 3.37. The number of carbonyl (C=O) groups is 1. The highest BCUT2D eigenvalue weighted by atomic mass is 16.5. The molecule has 0 radical (unpaired) electrons. The van der Waals surface area contributed by atoms with Crippen LogP contribution in [-0.2, 0) is 0 Å². The smallest absolute Gasteiger partial charge is 0.212 e. The number of benzene rings is 2. The van der Waals surface area contributed by atoms with E-state index in [0.29, 0.717) is 11.3 Å². The number of nitrogens with one attached hydrogen (secondary N) is 2. The lowest BCUT2D eigenvalue weighted by molar-refractivity contribution is 0.103. The van der Waals surface area contributed by atoms with Gasteiger partial charge in [0.1, 0.15) is 5.75 Å². The van der Waals surface area contributed by atoms with Gasteiger partial charge in [-0.3, -0.25) is 9.78 Å². The topological polar surface area (TPSA) is 70.2 Å². The Bertz CT molecular complexity index is 1210. The molecule has 0 spiro atoms. The van der Waals surface area contributed by atoms with Crippen LogP contribution in [0.3, 0.4) is 0 Å². The Hall–Kier alpha value is -3.38. The molecule has 6 nitrogen and oxygen atoms in total. The van der Waals surface area contributed by atoms with Crippen molar-refractivity contribution < 1.29 is 9.53 Å². The fraction of sp³-hybridized carbons (Fsp3) is 0.217. The molecule has 3 heterocycles. The normalized spacial score (nSPS) is 14.4. The van der Waals surface area contributed by atoms with Crippen LogP contribution in [0.4, 0.5) is 5.69 Å². The SMILES string of the molecule is COc1ccc2[nH]c(C(=O)c3c(N4CCNCC4)cnc4ccccc34)cc2c1. The van der Waals surface area contributed by atoms with Crippen LogP contribution in [0.25, 0.3) is 21.8 Å². The van der Waals surface area contributed by atoms with E-state index >= 15 is 0 Å². The first-order valence-electron chi connectivity index (χ1n) is 9.79. The molecule has 1 saturated heterocycles. The second-order valence-corrected chi connectivity index (χ2v) is 7.24. The van der Waals surface area contributed by atoms with Crippen molar-refractivity contribution in [1.29, 1.82) is 0 Å². The van der Waals surface area contributed by atoms with E-state index in [1.165, 1.54) is 0 Å². The monoisotopic (exact) mass is 386 g/mol. The van der Waals surface area contributed by atoms with E-state index in [1.807, 2.05) is 54.7 Å². The highest BCUT2D eigenvalue weighted by Gasteiger charge is 2.24. The second kappa shape index (κ2) is 7.22. The van der Waals surface area contributed by atoms with Crippen LogP contribution in [0, 0.1) is 0 Å². The number of nitrogens with zero attached hydrogens (tertiary/aromatic N) is 2. The van der Waals surface area contributed by atoms with E-state index < -0.39 is 0 Å². The molecule has 1 aliphatic rings. The lowest BCUT2D eigenvalue weighted by Gasteiger charge is -2.31. The van der Waals surface area contributed by atoms with Crippen molar-refractivity contribution in [1.82, 2.24) is 15.3 Å². The maximum absolute atomic E-state index is 13.7. The molecule has 2 aromatic carbocycles. The summed E-state index contributed by atoms with van der Waals surface area (Å²) in [6.45, 7) is 3.49. The fourth-order valence-electron chi connectivity index (χ4n) is 4.01. The quantitative estimate of drug-likeness (QED) is 0.526. The Kier molecular flexibility index (Phi) is 4.41. The molecule has 2 aromatic heterocycles. The number of carbonyl (C=O) groups excluding carboxylic acids is 1. The minimum absolute atomic E-state index is 0.0210. The first kappa shape index (κ1) is 17.7. The Labute approximate surface area is 168 Å². The zero-order valence-electron chi connectivity index (χ0n) is 16.2. The van der Waals surface area contributed by atoms with Gasteiger partial charge in [-0.2, -0.15) is 0 Å². The maximum atomic E-state index is 13.7. The van der Waals surface area contributed by atoms with Crippen LogP contribution < -0.4 is 15.0 Å². The summed E-state index contributed by atoms with van der Waals surface area (Å²) >= 11 is 0. The van der Waals surface area contributed by atoms with Crippen molar-refractivity contribution in [2.75, 3.05) is 38.2 Å². The number of anilines is 1. The summed E-state index contributed by atoms with van der Waals surface area (Å²) in [5.41, 5.74) is 3.91. The van der Waals surface area contributed by atoms with Crippen LogP contribution in [0.5, 0.6) is 5.75 Å². The third-order valence-electron chi connectivity index (χ3n) is 5.51. The second-order valence-electron chi connectivity index (χ2n) is 7.24. The van der Waals surface area contributed by atoms with Gasteiger partial charge in [-0.05, 0) is 30.3 Å². The van der Waals surface area contributed by atoms with Crippen LogP contribution in [0.1, 0.15) is 16.1 Å². The molecule has 5 rings (SSSR count). The van der Waals surface area contributed by atoms with Crippen LogP contribution in [-0.4, -0.2) is 49.0 Å². The number of H-pyrrole nitrogens is 1. The molecule has 146 valence electrons. The van der Waals surface area contributed by atoms with Crippen molar-refractivity contribution in [2.24, 2.45) is 0 Å². The number of ether oxygens (including phenoxy) is 1. The first-order valence-corrected chi connectivity index (χ1v) is 9.79. The first-order chi connectivity index (χ1) is 14.2. The zero-order chi connectivity index (χ0) is 19.8. The van der Waals surface area contributed by atoms with Gasteiger partial charge in [0.25, 0.3) is 0 Å². The molecule has 0 bridgehead atoms. The van der Waals surface area contributed by atoms with E-state index in [9.17, 15) is 4.79 Å². The average Bonchev–Trinajstić information content (AvgIpc) is 3.21. The van der Waals surface area contributed by atoms with Crippen LogP contribution in [0.15, 0.2) is 54.7 Å². The Morgan fingerprint density at radius 2 is 1.93 bits per heavy atom. The Morgan fingerprint density at radius 3 is 2.76 bits per heavy atom. The maximum Gasteiger partial charge on any atom is 0.212 e. The number of rotatable bonds is 4. The summed E-state index contributed by atoms with van der Waals surface area (Å²) in [4.78, 5) is 23.9. The molecule has 1 fully saturated rings. The lowest BCUT2D eigenvalue weighted by atomic mass is 10.00. The molecule has 1 aliphatic heterocycles. The Balaban J connectivity index is 1.67. The third kappa shape index (κ3) is 3.11. The minimum atomic E-state index is -0.0210. The van der Waals surface area contributed by atoms with E-state index in [2.05, 4.69) is 20.2 Å². The van der Waals surface area contributed by atoms with Gasteiger partial charge in [-0.15, -0.1) is 0 Å². The number of aromatic nitrogens is 2. The van der Waals surface area contributed by atoms with Gasteiger partial charge in [-0.1, -0.05) is 18.2 Å². The number of fused-ring (bicyclic) bond motifs is 2. The molecule has 2 N–H and O–H groups in total. The lowest BCUT2D eigenvalue weighted by Crippen LogP contribution is -2.44. The predicted molar refractivity (Wildman–Crippen MR) is 115 cm³/mol. The average molecular weight is 386 g/mol. The minimum Gasteiger partial charge on any atom is -0.497 e. The number of para-hydroxylation sites is 1. The molecule has 0 unspecified atom stereocenters. The van der Waals surface area contributed by atoms with Crippen LogP contribution >= 0.6 is 0 Å². The summed E-state index contributed by atoms with van der Waals surface area (Å²) < 4.78 is 5.31. The molecule has 0 atom stereocenters. The van der Waals surface area contributed by atoms with Crippen molar-refractivity contribution >= 4 is 33.3 Å². The number of hydrogen-bond acceptors (Lipinski definition) is 5. The molecule has 4 aromatic rings. The zero-order valence-corrected chi connectivity index (χ0v) is 16.2. The van der Waals surface area contributed by atoms with Gasteiger partial charge in [0.05, 0.1) is 35.8 Å². The molecule has 0 amide bonds. The van der Waals surface area contributed by atoms with Crippen molar-refractivity contribution in [3.63, 3.8) is 0 Å². The van der Waals surface area contributed by atoms with E-state index in [1.54, 1.807) is 7.11 Å². The van der Waals surface area contributed by atoms with Gasteiger partial charge in [-0.25, -0.2) is 0 Å². The van der Waals surface area contributed by atoms with Gasteiger partial charge < -0.3 is 19.9 Å². The van der Waals surface area contributed by atoms with Gasteiger partial charge >= 0.3 is 0 Å². The Morgan fingerprint density at radius 1 is 1.10 bits per heavy atom. The number of pyridine rings is 1.